The Morgan fingerprint density at radius 1 is 1.19 bits per heavy atom. The molecule has 2 heterocycles. The van der Waals surface area contributed by atoms with Crippen molar-refractivity contribution in [1.29, 1.82) is 0 Å². The van der Waals surface area contributed by atoms with E-state index in [2.05, 4.69) is 35.6 Å². The summed E-state index contributed by atoms with van der Waals surface area (Å²) in [4.78, 5) is 9.53. The van der Waals surface area contributed by atoms with Gasteiger partial charge in [0.05, 0.1) is 6.54 Å². The van der Waals surface area contributed by atoms with E-state index in [0.29, 0.717) is 12.1 Å². The second kappa shape index (κ2) is 9.18. The third-order valence-electron chi connectivity index (χ3n) is 4.92. The summed E-state index contributed by atoms with van der Waals surface area (Å²) in [7, 11) is 0. The summed E-state index contributed by atoms with van der Waals surface area (Å²) in [6, 6.07) is 1.20. The third-order valence-corrected chi connectivity index (χ3v) is 4.92. The van der Waals surface area contributed by atoms with Crippen molar-refractivity contribution in [2.45, 2.75) is 65.0 Å². The van der Waals surface area contributed by atoms with Crippen molar-refractivity contribution >= 4 is 29.9 Å². The van der Waals surface area contributed by atoms with Crippen LogP contribution in [-0.2, 0) is 0 Å². The lowest BCUT2D eigenvalue weighted by Crippen LogP contribution is -2.46. The monoisotopic (exact) mass is 408 g/mol. The standard InChI is InChI=1S/C16H32N4.HI/c1-13-7-6-9-19(12-13)16(17)18-11-15(3)20-10-5-4-8-14(20)2;/h13-15H,4-12H2,1-3H3,(H2,17,18);1H. The third kappa shape index (κ3) is 5.58. The minimum Gasteiger partial charge on any atom is -0.370 e. The van der Waals surface area contributed by atoms with Gasteiger partial charge in [0.25, 0.3) is 0 Å². The predicted octanol–water partition coefficient (Wildman–Crippen LogP) is 2.91. The Kier molecular flexibility index (Phi) is 8.31. The molecule has 0 saturated carbocycles. The molecule has 2 fully saturated rings. The Hall–Kier alpha value is -0.0400. The number of rotatable bonds is 3. The first-order valence-corrected chi connectivity index (χ1v) is 8.38. The van der Waals surface area contributed by atoms with Gasteiger partial charge in [-0.3, -0.25) is 9.89 Å². The van der Waals surface area contributed by atoms with Crippen LogP contribution in [-0.4, -0.2) is 54.0 Å². The fourth-order valence-electron chi connectivity index (χ4n) is 3.60. The Bertz CT molecular complexity index is 334. The number of aliphatic imine (C=N–C) groups is 1. The summed E-state index contributed by atoms with van der Waals surface area (Å²) in [5, 5.41) is 0. The van der Waals surface area contributed by atoms with E-state index in [0.717, 1.165) is 31.5 Å². The van der Waals surface area contributed by atoms with Crippen LogP contribution in [0.2, 0.25) is 0 Å². The second-order valence-electron chi connectivity index (χ2n) is 6.82. The minimum atomic E-state index is 0. The van der Waals surface area contributed by atoms with Crippen LogP contribution in [0, 0.1) is 5.92 Å². The molecule has 2 aliphatic rings. The van der Waals surface area contributed by atoms with E-state index in [9.17, 15) is 0 Å². The van der Waals surface area contributed by atoms with Gasteiger partial charge in [0.2, 0.25) is 0 Å². The average Bonchev–Trinajstić information content (AvgIpc) is 2.45. The topological polar surface area (TPSA) is 44.9 Å². The molecule has 4 nitrogen and oxygen atoms in total. The van der Waals surface area contributed by atoms with Crippen LogP contribution in [0.25, 0.3) is 0 Å². The van der Waals surface area contributed by atoms with E-state index >= 15 is 0 Å². The molecule has 2 N–H and O–H groups in total. The second-order valence-corrected chi connectivity index (χ2v) is 6.82. The number of nitrogens with zero attached hydrogens (tertiary/aromatic N) is 3. The van der Waals surface area contributed by atoms with Crippen LogP contribution < -0.4 is 5.73 Å². The van der Waals surface area contributed by atoms with E-state index in [1.54, 1.807) is 0 Å². The number of guanidine groups is 1. The van der Waals surface area contributed by atoms with E-state index in [1.165, 1.54) is 38.6 Å². The maximum atomic E-state index is 6.18. The predicted molar refractivity (Wildman–Crippen MR) is 101 cm³/mol. The fraction of sp³-hybridized carbons (Fsp3) is 0.938. The van der Waals surface area contributed by atoms with Crippen molar-refractivity contribution < 1.29 is 0 Å². The molecule has 0 aromatic heterocycles. The summed E-state index contributed by atoms with van der Waals surface area (Å²) in [5.74, 6) is 1.50. The molecule has 21 heavy (non-hydrogen) atoms. The highest BCUT2D eigenvalue weighted by Gasteiger charge is 2.23. The average molecular weight is 408 g/mol. The van der Waals surface area contributed by atoms with Crippen LogP contribution in [0.15, 0.2) is 4.99 Å². The summed E-state index contributed by atoms with van der Waals surface area (Å²) < 4.78 is 0. The van der Waals surface area contributed by atoms with Crippen molar-refractivity contribution in [3.05, 3.63) is 0 Å². The van der Waals surface area contributed by atoms with E-state index in [1.807, 2.05) is 0 Å². The Morgan fingerprint density at radius 2 is 1.95 bits per heavy atom. The number of hydrogen-bond donors (Lipinski definition) is 1. The number of halogens is 1. The zero-order valence-corrected chi connectivity index (χ0v) is 16.3. The zero-order valence-electron chi connectivity index (χ0n) is 13.9. The van der Waals surface area contributed by atoms with E-state index < -0.39 is 0 Å². The normalized spacial score (nSPS) is 29.9. The molecule has 0 aliphatic carbocycles. The SMILES string of the molecule is CC1CCCN(C(N)=NCC(C)N2CCCCC2C)C1.I. The van der Waals surface area contributed by atoms with E-state index in [4.69, 9.17) is 5.73 Å². The molecule has 0 aromatic carbocycles. The van der Waals surface area contributed by atoms with Gasteiger partial charge < -0.3 is 10.6 Å². The summed E-state index contributed by atoms with van der Waals surface area (Å²) >= 11 is 0. The van der Waals surface area contributed by atoms with Gasteiger partial charge >= 0.3 is 0 Å². The molecular weight excluding hydrogens is 375 g/mol. The summed E-state index contributed by atoms with van der Waals surface area (Å²) in [6.45, 7) is 11.1. The largest absolute Gasteiger partial charge is 0.370 e. The molecule has 0 amide bonds. The molecule has 3 unspecified atom stereocenters. The van der Waals surface area contributed by atoms with Gasteiger partial charge in [-0.1, -0.05) is 13.3 Å². The molecule has 0 radical (unpaired) electrons. The lowest BCUT2D eigenvalue weighted by atomic mass is 10.0. The first kappa shape index (κ1) is 19.0. The lowest BCUT2D eigenvalue weighted by molar-refractivity contribution is 0.118. The van der Waals surface area contributed by atoms with Crippen LogP contribution in [0.1, 0.15) is 52.9 Å². The smallest absolute Gasteiger partial charge is 0.191 e. The fourth-order valence-corrected chi connectivity index (χ4v) is 3.60. The first-order valence-electron chi connectivity index (χ1n) is 8.38. The molecule has 0 spiro atoms. The molecule has 5 heteroatoms. The highest BCUT2D eigenvalue weighted by molar-refractivity contribution is 14.0. The lowest BCUT2D eigenvalue weighted by Gasteiger charge is -2.37. The highest BCUT2D eigenvalue weighted by Crippen LogP contribution is 2.19. The zero-order chi connectivity index (χ0) is 14.5. The van der Waals surface area contributed by atoms with E-state index in [-0.39, 0.29) is 24.0 Å². The van der Waals surface area contributed by atoms with Gasteiger partial charge in [0.15, 0.2) is 5.96 Å². The molecule has 2 rings (SSSR count). The quantitative estimate of drug-likeness (QED) is 0.444. The molecule has 0 bridgehead atoms. The van der Waals surface area contributed by atoms with Crippen LogP contribution in [0.3, 0.4) is 0 Å². The number of hydrogen-bond acceptors (Lipinski definition) is 2. The Labute approximate surface area is 147 Å². The molecule has 0 aromatic rings. The van der Waals surface area contributed by atoms with Crippen LogP contribution in [0.5, 0.6) is 0 Å². The Morgan fingerprint density at radius 3 is 2.62 bits per heavy atom. The van der Waals surface area contributed by atoms with Crippen molar-refractivity contribution in [3.8, 4) is 0 Å². The van der Waals surface area contributed by atoms with Crippen molar-refractivity contribution in [2.24, 2.45) is 16.6 Å². The molecule has 2 saturated heterocycles. The number of likely N-dealkylation sites (tertiary alicyclic amines) is 2. The maximum absolute atomic E-state index is 6.18. The highest BCUT2D eigenvalue weighted by atomic mass is 127. The molecule has 3 atom stereocenters. The number of nitrogens with two attached hydrogens (primary N) is 1. The first-order chi connectivity index (χ1) is 9.58. The minimum absolute atomic E-state index is 0. The summed E-state index contributed by atoms with van der Waals surface area (Å²) in [5.41, 5.74) is 6.18. The van der Waals surface area contributed by atoms with Gasteiger partial charge in [-0.2, -0.15) is 0 Å². The van der Waals surface area contributed by atoms with Crippen molar-refractivity contribution in [3.63, 3.8) is 0 Å². The van der Waals surface area contributed by atoms with Gasteiger partial charge in [0, 0.05) is 25.2 Å². The number of piperidine rings is 2. The van der Waals surface area contributed by atoms with Crippen LogP contribution in [0.4, 0.5) is 0 Å². The molecule has 124 valence electrons. The maximum Gasteiger partial charge on any atom is 0.191 e. The Balaban J connectivity index is 0.00000220. The summed E-state index contributed by atoms with van der Waals surface area (Å²) in [6.07, 6.45) is 6.60. The van der Waals surface area contributed by atoms with Crippen LogP contribution >= 0.6 is 24.0 Å². The van der Waals surface area contributed by atoms with Crippen molar-refractivity contribution in [2.75, 3.05) is 26.2 Å². The molecular formula is C16H33IN4. The van der Waals surface area contributed by atoms with Gasteiger partial charge in [-0.15, -0.1) is 24.0 Å². The van der Waals surface area contributed by atoms with Gasteiger partial charge in [-0.05, 0) is 52.0 Å². The van der Waals surface area contributed by atoms with Crippen molar-refractivity contribution in [1.82, 2.24) is 9.80 Å². The van der Waals surface area contributed by atoms with Gasteiger partial charge in [0.1, 0.15) is 0 Å². The van der Waals surface area contributed by atoms with Gasteiger partial charge in [-0.25, -0.2) is 0 Å². The molecule has 2 aliphatic heterocycles.